The van der Waals surface area contributed by atoms with Gasteiger partial charge in [0, 0.05) is 17.3 Å². The molecule has 19 heavy (non-hydrogen) atoms. The summed E-state index contributed by atoms with van der Waals surface area (Å²) in [6.45, 7) is 2.24. The van der Waals surface area contributed by atoms with Gasteiger partial charge in [0.05, 0.1) is 25.9 Å². The zero-order chi connectivity index (χ0) is 13.9. The van der Waals surface area contributed by atoms with E-state index in [4.69, 9.17) is 5.11 Å². The average molecular weight is 302 g/mol. The number of thiazole rings is 1. The van der Waals surface area contributed by atoms with Crippen molar-refractivity contribution in [3.8, 4) is 0 Å². The second-order valence-electron chi connectivity index (χ2n) is 3.85. The number of aryl methyl sites for hydroxylation is 1. The van der Waals surface area contributed by atoms with Crippen LogP contribution >= 0.6 is 11.3 Å². The molecule has 7 nitrogen and oxygen atoms in total. The SMILES string of the molecule is Cc1cnc(CNS(=O)(=O)c2cnn(CCO)c2)s1. The Balaban J connectivity index is 2.04. The van der Waals surface area contributed by atoms with E-state index < -0.39 is 10.0 Å². The van der Waals surface area contributed by atoms with Gasteiger partial charge < -0.3 is 5.11 Å². The molecule has 0 aromatic carbocycles. The highest BCUT2D eigenvalue weighted by Gasteiger charge is 2.16. The molecule has 0 aliphatic rings. The van der Waals surface area contributed by atoms with Crippen molar-refractivity contribution in [2.24, 2.45) is 0 Å². The predicted octanol–water partition coefficient (Wildman–Crippen LogP) is 0.119. The van der Waals surface area contributed by atoms with Gasteiger partial charge in [-0.3, -0.25) is 4.68 Å². The molecule has 0 aliphatic carbocycles. The Morgan fingerprint density at radius 3 is 2.89 bits per heavy atom. The first kappa shape index (κ1) is 14.1. The lowest BCUT2D eigenvalue weighted by Crippen LogP contribution is -2.22. The summed E-state index contributed by atoms with van der Waals surface area (Å²) in [4.78, 5) is 5.20. The maximum Gasteiger partial charge on any atom is 0.244 e. The molecule has 2 heterocycles. The lowest BCUT2D eigenvalue weighted by Gasteiger charge is -2.02. The third-order valence-electron chi connectivity index (χ3n) is 2.33. The molecule has 2 N–H and O–H groups in total. The van der Waals surface area contributed by atoms with Crippen LogP contribution in [0.5, 0.6) is 0 Å². The van der Waals surface area contributed by atoms with Crippen molar-refractivity contribution in [2.45, 2.75) is 24.9 Å². The summed E-state index contributed by atoms with van der Waals surface area (Å²) in [5.41, 5.74) is 0. The summed E-state index contributed by atoms with van der Waals surface area (Å²) in [6.07, 6.45) is 4.34. The summed E-state index contributed by atoms with van der Waals surface area (Å²) in [5.74, 6) is 0. The molecule has 9 heteroatoms. The van der Waals surface area contributed by atoms with Gasteiger partial charge in [-0.1, -0.05) is 0 Å². The van der Waals surface area contributed by atoms with E-state index in [2.05, 4.69) is 14.8 Å². The van der Waals surface area contributed by atoms with Crippen molar-refractivity contribution < 1.29 is 13.5 Å². The number of aliphatic hydroxyl groups is 1. The van der Waals surface area contributed by atoms with Crippen LogP contribution in [0.3, 0.4) is 0 Å². The summed E-state index contributed by atoms with van der Waals surface area (Å²) in [6, 6.07) is 0. The van der Waals surface area contributed by atoms with E-state index >= 15 is 0 Å². The fourth-order valence-electron chi connectivity index (χ4n) is 1.43. The standard InChI is InChI=1S/C10H14N4O3S2/c1-8-4-11-10(18-8)6-13-19(16,17)9-5-12-14(7-9)2-3-15/h4-5,7,13,15H,2-3,6H2,1H3. The second-order valence-corrected chi connectivity index (χ2v) is 6.94. The van der Waals surface area contributed by atoms with E-state index in [1.807, 2.05) is 6.92 Å². The van der Waals surface area contributed by atoms with Gasteiger partial charge in [-0.25, -0.2) is 18.1 Å². The fraction of sp³-hybridized carbons (Fsp3) is 0.400. The van der Waals surface area contributed by atoms with Crippen LogP contribution in [-0.4, -0.2) is 34.9 Å². The van der Waals surface area contributed by atoms with Crippen molar-refractivity contribution in [1.82, 2.24) is 19.5 Å². The molecule has 2 rings (SSSR count). The van der Waals surface area contributed by atoms with Crippen LogP contribution < -0.4 is 4.72 Å². The first-order valence-corrected chi connectivity index (χ1v) is 7.85. The Kier molecular flexibility index (Phi) is 4.30. The molecule has 104 valence electrons. The summed E-state index contributed by atoms with van der Waals surface area (Å²) < 4.78 is 27.8. The summed E-state index contributed by atoms with van der Waals surface area (Å²) >= 11 is 1.45. The van der Waals surface area contributed by atoms with E-state index in [0.29, 0.717) is 5.01 Å². The maximum atomic E-state index is 12.0. The van der Waals surface area contributed by atoms with Crippen molar-refractivity contribution >= 4 is 21.4 Å². The Hall–Kier alpha value is -1.29. The molecular formula is C10H14N4O3S2. The Bertz CT molecular complexity index is 647. The molecule has 0 radical (unpaired) electrons. The molecule has 0 amide bonds. The van der Waals surface area contributed by atoms with Crippen molar-refractivity contribution in [3.63, 3.8) is 0 Å². The normalized spacial score (nSPS) is 11.9. The minimum atomic E-state index is -3.59. The Morgan fingerprint density at radius 2 is 2.26 bits per heavy atom. The van der Waals surface area contributed by atoms with Crippen molar-refractivity contribution in [2.75, 3.05) is 6.61 Å². The zero-order valence-corrected chi connectivity index (χ0v) is 11.9. The zero-order valence-electron chi connectivity index (χ0n) is 10.3. The third-order valence-corrected chi connectivity index (χ3v) is 4.60. The molecule has 0 fully saturated rings. The number of aliphatic hydroxyl groups excluding tert-OH is 1. The molecule has 0 aliphatic heterocycles. The van der Waals surface area contributed by atoms with Gasteiger partial charge in [-0.05, 0) is 6.92 Å². The highest BCUT2D eigenvalue weighted by atomic mass is 32.2. The third kappa shape index (κ3) is 3.60. The highest BCUT2D eigenvalue weighted by Crippen LogP contribution is 2.12. The predicted molar refractivity (Wildman–Crippen MR) is 70.2 cm³/mol. The summed E-state index contributed by atoms with van der Waals surface area (Å²) in [7, 11) is -3.59. The minimum absolute atomic E-state index is 0.0780. The largest absolute Gasteiger partial charge is 0.394 e. The smallest absolute Gasteiger partial charge is 0.244 e. The molecule has 0 saturated heterocycles. The quantitative estimate of drug-likeness (QED) is 0.790. The van der Waals surface area contributed by atoms with E-state index in [-0.39, 0.29) is 24.6 Å². The van der Waals surface area contributed by atoms with E-state index in [0.717, 1.165) is 4.88 Å². The van der Waals surface area contributed by atoms with Crippen LogP contribution in [0.4, 0.5) is 0 Å². The van der Waals surface area contributed by atoms with Crippen LogP contribution in [0.15, 0.2) is 23.5 Å². The van der Waals surface area contributed by atoms with E-state index in [1.54, 1.807) is 6.20 Å². The molecule has 0 spiro atoms. The van der Waals surface area contributed by atoms with Gasteiger partial charge >= 0.3 is 0 Å². The number of nitrogens with zero attached hydrogens (tertiary/aromatic N) is 3. The van der Waals surface area contributed by atoms with Crippen LogP contribution in [0, 0.1) is 6.92 Å². The molecular weight excluding hydrogens is 288 g/mol. The van der Waals surface area contributed by atoms with E-state index in [9.17, 15) is 8.42 Å². The number of nitrogens with one attached hydrogen (secondary N) is 1. The van der Waals surface area contributed by atoms with Gasteiger partial charge in [-0.2, -0.15) is 5.10 Å². The molecule has 2 aromatic heterocycles. The van der Waals surface area contributed by atoms with Crippen LogP contribution in [0.25, 0.3) is 0 Å². The van der Waals surface area contributed by atoms with Gasteiger partial charge in [-0.15, -0.1) is 11.3 Å². The van der Waals surface area contributed by atoms with Crippen LogP contribution in [-0.2, 0) is 23.1 Å². The lowest BCUT2D eigenvalue weighted by molar-refractivity contribution is 0.269. The van der Waals surface area contributed by atoms with Gasteiger partial charge in [0.25, 0.3) is 0 Å². The molecule has 2 aromatic rings. The first-order valence-electron chi connectivity index (χ1n) is 5.55. The number of hydrogen-bond donors (Lipinski definition) is 2. The fourth-order valence-corrected chi connectivity index (χ4v) is 3.19. The van der Waals surface area contributed by atoms with Crippen molar-refractivity contribution in [1.29, 1.82) is 0 Å². The highest BCUT2D eigenvalue weighted by molar-refractivity contribution is 7.89. The summed E-state index contributed by atoms with van der Waals surface area (Å²) in [5, 5.41) is 13.3. The number of hydrogen-bond acceptors (Lipinski definition) is 6. The van der Waals surface area contributed by atoms with Crippen LogP contribution in [0.2, 0.25) is 0 Å². The number of aromatic nitrogens is 3. The van der Waals surface area contributed by atoms with Crippen LogP contribution in [0.1, 0.15) is 9.88 Å². The van der Waals surface area contributed by atoms with Crippen molar-refractivity contribution in [3.05, 3.63) is 28.5 Å². The molecule has 0 atom stereocenters. The van der Waals surface area contributed by atoms with E-state index in [1.165, 1.54) is 28.4 Å². The Labute approximate surface area is 115 Å². The Morgan fingerprint density at radius 1 is 1.47 bits per heavy atom. The van der Waals surface area contributed by atoms with Gasteiger partial charge in [0.2, 0.25) is 10.0 Å². The molecule has 0 saturated carbocycles. The average Bonchev–Trinajstić information content (AvgIpc) is 2.97. The topological polar surface area (TPSA) is 97.1 Å². The second kappa shape index (κ2) is 5.78. The molecule has 0 unspecified atom stereocenters. The number of rotatable bonds is 6. The first-order chi connectivity index (χ1) is 9.01. The lowest BCUT2D eigenvalue weighted by atomic mass is 10.6. The minimum Gasteiger partial charge on any atom is -0.394 e. The maximum absolute atomic E-state index is 12.0. The number of sulfonamides is 1. The van der Waals surface area contributed by atoms with Gasteiger partial charge in [0.15, 0.2) is 0 Å². The monoisotopic (exact) mass is 302 g/mol. The van der Waals surface area contributed by atoms with Gasteiger partial charge in [0.1, 0.15) is 9.90 Å². The molecule has 0 bridgehead atoms.